The lowest BCUT2D eigenvalue weighted by molar-refractivity contribution is -0.146. The molecule has 1 aliphatic heterocycles. The van der Waals surface area contributed by atoms with E-state index in [0.29, 0.717) is 27.1 Å². The number of nitrogens with zero attached hydrogens (tertiary/aromatic N) is 1. The number of hydrogen-bond acceptors (Lipinski definition) is 6. The number of furan rings is 1. The average molecular weight is 486 g/mol. The molecule has 0 spiro atoms. The molecule has 2 aromatic rings. The summed E-state index contributed by atoms with van der Waals surface area (Å²) >= 11 is 18.3. The third-order valence-corrected chi connectivity index (χ3v) is 6.32. The second kappa shape index (κ2) is 9.22. The van der Waals surface area contributed by atoms with Crippen LogP contribution in [0.2, 0.25) is 10.0 Å². The molecule has 7 nitrogen and oxygen atoms in total. The number of amides is 1. The zero-order chi connectivity index (χ0) is 22.0. The van der Waals surface area contributed by atoms with Crippen LogP contribution >= 0.6 is 47.2 Å². The molecule has 0 saturated carbocycles. The van der Waals surface area contributed by atoms with Crippen molar-refractivity contribution in [2.24, 2.45) is 0 Å². The molecule has 2 heterocycles. The summed E-state index contributed by atoms with van der Waals surface area (Å²) < 4.78 is 5.77. The fraction of sp³-hybridized carbons (Fsp3) is 0.158. The number of carbonyl (C=O) groups excluding carboxylic acids is 1. The lowest BCUT2D eigenvalue weighted by Crippen LogP contribution is -2.44. The number of aliphatic carboxylic acids is 2. The summed E-state index contributed by atoms with van der Waals surface area (Å²) in [4.78, 5) is 36.2. The number of halogens is 2. The number of thioether (sulfide) groups is 1. The van der Waals surface area contributed by atoms with Gasteiger partial charge in [-0.1, -0.05) is 53.2 Å². The first kappa shape index (κ1) is 22.4. The Morgan fingerprint density at radius 1 is 1.23 bits per heavy atom. The van der Waals surface area contributed by atoms with Crippen LogP contribution in [0.5, 0.6) is 0 Å². The maximum absolute atomic E-state index is 12.7. The second-order valence-electron chi connectivity index (χ2n) is 6.14. The van der Waals surface area contributed by atoms with Gasteiger partial charge in [0.2, 0.25) is 0 Å². The van der Waals surface area contributed by atoms with Gasteiger partial charge in [0.15, 0.2) is 0 Å². The minimum atomic E-state index is -1.36. The van der Waals surface area contributed by atoms with Crippen LogP contribution in [0.4, 0.5) is 0 Å². The number of carboxylic acids is 2. The zero-order valence-electron chi connectivity index (χ0n) is 15.0. The lowest BCUT2D eigenvalue weighted by Gasteiger charge is -2.22. The van der Waals surface area contributed by atoms with Gasteiger partial charge in [-0.15, -0.1) is 0 Å². The molecule has 1 fully saturated rings. The predicted molar refractivity (Wildman–Crippen MR) is 117 cm³/mol. The van der Waals surface area contributed by atoms with Crippen molar-refractivity contribution < 1.29 is 29.0 Å². The number of carbonyl (C=O) groups is 3. The van der Waals surface area contributed by atoms with E-state index in [1.165, 1.54) is 6.08 Å². The summed E-state index contributed by atoms with van der Waals surface area (Å²) in [6.45, 7) is 0. The van der Waals surface area contributed by atoms with Gasteiger partial charge < -0.3 is 14.6 Å². The van der Waals surface area contributed by atoms with Crippen LogP contribution in [-0.2, 0) is 14.4 Å². The van der Waals surface area contributed by atoms with Gasteiger partial charge >= 0.3 is 11.9 Å². The predicted octanol–water partition coefficient (Wildman–Crippen LogP) is 4.77. The van der Waals surface area contributed by atoms with Crippen molar-refractivity contribution >= 4 is 75.4 Å². The monoisotopic (exact) mass is 485 g/mol. The Kier molecular flexibility index (Phi) is 6.87. The van der Waals surface area contributed by atoms with E-state index in [4.69, 9.17) is 44.9 Å². The van der Waals surface area contributed by atoms with Crippen LogP contribution in [0.1, 0.15) is 18.6 Å². The summed E-state index contributed by atoms with van der Waals surface area (Å²) in [5.74, 6) is -2.34. The van der Waals surface area contributed by atoms with Crippen molar-refractivity contribution in [3.05, 3.63) is 51.0 Å². The summed E-state index contributed by atoms with van der Waals surface area (Å²) in [5.41, 5.74) is 0.580. The third-order valence-electron chi connectivity index (χ3n) is 4.17. The highest BCUT2D eigenvalue weighted by molar-refractivity contribution is 8.26. The van der Waals surface area contributed by atoms with E-state index in [2.05, 4.69) is 0 Å². The van der Waals surface area contributed by atoms with E-state index >= 15 is 0 Å². The topological polar surface area (TPSA) is 108 Å². The summed E-state index contributed by atoms with van der Waals surface area (Å²) in [6.07, 6.45) is 0.773. The fourth-order valence-electron chi connectivity index (χ4n) is 2.77. The average Bonchev–Trinajstić information content (AvgIpc) is 3.23. The fourth-order valence-corrected chi connectivity index (χ4v) is 4.50. The molecule has 0 bridgehead atoms. The van der Waals surface area contributed by atoms with Gasteiger partial charge in [0.25, 0.3) is 5.91 Å². The molecule has 0 radical (unpaired) electrons. The van der Waals surface area contributed by atoms with Crippen LogP contribution in [0.3, 0.4) is 0 Å². The van der Waals surface area contributed by atoms with Gasteiger partial charge in [0, 0.05) is 18.1 Å². The zero-order valence-corrected chi connectivity index (χ0v) is 18.1. The van der Waals surface area contributed by atoms with E-state index < -0.39 is 30.3 Å². The van der Waals surface area contributed by atoms with Crippen molar-refractivity contribution in [3.63, 3.8) is 0 Å². The largest absolute Gasteiger partial charge is 0.481 e. The maximum Gasteiger partial charge on any atom is 0.326 e. The normalized spacial score (nSPS) is 16.3. The van der Waals surface area contributed by atoms with E-state index in [1.54, 1.807) is 30.3 Å². The highest BCUT2D eigenvalue weighted by Crippen LogP contribution is 2.37. The second-order valence-corrected chi connectivity index (χ2v) is 8.60. The summed E-state index contributed by atoms with van der Waals surface area (Å²) in [7, 11) is 0. The first-order valence-electron chi connectivity index (χ1n) is 8.45. The number of thiocarbonyl (C=S) groups is 1. The Balaban J connectivity index is 1.85. The Hall–Kier alpha value is -2.33. The van der Waals surface area contributed by atoms with E-state index in [0.717, 1.165) is 16.7 Å². The Labute approximate surface area is 190 Å². The van der Waals surface area contributed by atoms with Gasteiger partial charge in [-0.25, -0.2) is 4.79 Å². The minimum Gasteiger partial charge on any atom is -0.481 e. The molecule has 1 amide bonds. The summed E-state index contributed by atoms with van der Waals surface area (Å²) in [5, 5.41) is 18.9. The molecular formula is C19H13Cl2NO6S2. The standard InChI is InChI=1S/C19H13Cl2NO6S2/c20-11-3-1-2-10(16(11)21)13-6-4-9(28-13)8-14-17(25)22(19(29)30-14)12(18(26)27)5-7-15(23)24/h1-4,6,8,12H,5,7H2,(H,23,24)(H,26,27)/b14-8-/t12-/m0/s1. The molecule has 0 unspecified atom stereocenters. The van der Waals surface area contributed by atoms with Crippen LogP contribution in [-0.4, -0.2) is 43.3 Å². The third kappa shape index (κ3) is 4.70. The number of benzene rings is 1. The SMILES string of the molecule is O=C(O)CC[C@@H](C(=O)O)N1C(=O)/C(=C/c2ccc(-c3cccc(Cl)c3Cl)o2)SC1=S. The van der Waals surface area contributed by atoms with Gasteiger partial charge in [-0.2, -0.15) is 0 Å². The smallest absolute Gasteiger partial charge is 0.326 e. The Bertz CT molecular complexity index is 1080. The van der Waals surface area contributed by atoms with Crippen molar-refractivity contribution in [1.29, 1.82) is 0 Å². The number of hydrogen-bond donors (Lipinski definition) is 2. The highest BCUT2D eigenvalue weighted by atomic mass is 35.5. The molecular weight excluding hydrogens is 473 g/mol. The molecule has 0 aliphatic carbocycles. The van der Waals surface area contributed by atoms with Crippen molar-refractivity contribution in [2.75, 3.05) is 0 Å². The molecule has 156 valence electrons. The van der Waals surface area contributed by atoms with Gasteiger partial charge in [-0.3, -0.25) is 14.5 Å². The summed E-state index contributed by atoms with van der Waals surface area (Å²) in [6, 6.07) is 7.02. The van der Waals surface area contributed by atoms with Crippen LogP contribution in [0.25, 0.3) is 17.4 Å². The molecule has 30 heavy (non-hydrogen) atoms. The lowest BCUT2D eigenvalue weighted by atomic mass is 10.1. The van der Waals surface area contributed by atoms with Crippen molar-refractivity contribution in [2.45, 2.75) is 18.9 Å². The maximum atomic E-state index is 12.7. The molecule has 2 N–H and O–H groups in total. The van der Waals surface area contributed by atoms with Crippen LogP contribution < -0.4 is 0 Å². The van der Waals surface area contributed by atoms with Crippen molar-refractivity contribution in [3.8, 4) is 11.3 Å². The quantitative estimate of drug-likeness (QED) is 0.426. The minimum absolute atomic E-state index is 0.0358. The molecule has 1 saturated heterocycles. The molecule has 1 atom stereocenters. The van der Waals surface area contributed by atoms with Crippen molar-refractivity contribution in [1.82, 2.24) is 4.90 Å². The van der Waals surface area contributed by atoms with Crippen LogP contribution in [0.15, 0.2) is 39.7 Å². The number of rotatable bonds is 7. The highest BCUT2D eigenvalue weighted by Gasteiger charge is 2.40. The van der Waals surface area contributed by atoms with E-state index in [9.17, 15) is 19.5 Å². The Morgan fingerprint density at radius 2 is 1.97 bits per heavy atom. The Morgan fingerprint density at radius 3 is 2.63 bits per heavy atom. The van der Waals surface area contributed by atoms with Crippen LogP contribution in [0, 0.1) is 0 Å². The van der Waals surface area contributed by atoms with Gasteiger partial charge in [0.1, 0.15) is 21.9 Å². The molecule has 1 aliphatic rings. The molecule has 1 aromatic heterocycles. The van der Waals surface area contributed by atoms with Gasteiger partial charge in [0.05, 0.1) is 15.0 Å². The molecule has 11 heteroatoms. The molecule has 1 aromatic carbocycles. The van der Waals surface area contributed by atoms with Gasteiger partial charge in [-0.05, 0) is 30.7 Å². The van der Waals surface area contributed by atoms with E-state index in [1.807, 2.05) is 0 Å². The first-order chi connectivity index (χ1) is 14.2. The first-order valence-corrected chi connectivity index (χ1v) is 10.4. The van der Waals surface area contributed by atoms with E-state index in [-0.39, 0.29) is 15.6 Å². The number of carboxylic acid groups (broad SMARTS) is 2. The molecule has 3 rings (SSSR count).